The predicted octanol–water partition coefficient (Wildman–Crippen LogP) is 3.45. The fourth-order valence-corrected chi connectivity index (χ4v) is 3.78. The molecule has 2 bridgehead atoms. The zero-order chi connectivity index (χ0) is 14.1. The molecule has 2 unspecified atom stereocenters. The fourth-order valence-electron chi connectivity index (χ4n) is 3.61. The van der Waals surface area contributed by atoms with Gasteiger partial charge in [-0.15, -0.1) is 0 Å². The highest BCUT2D eigenvalue weighted by Crippen LogP contribution is 2.34. The maximum Gasteiger partial charge on any atom is 0.166 e. The minimum atomic E-state index is 0.149. The minimum Gasteiger partial charge on any atom is -0.496 e. The van der Waals surface area contributed by atoms with Gasteiger partial charge in [0, 0.05) is 23.5 Å². The van der Waals surface area contributed by atoms with Gasteiger partial charge in [0.1, 0.15) is 5.75 Å². The molecule has 1 aromatic carbocycles. The minimum absolute atomic E-state index is 0.149. The van der Waals surface area contributed by atoms with Crippen LogP contribution in [0.15, 0.2) is 18.2 Å². The van der Waals surface area contributed by atoms with E-state index in [4.69, 9.17) is 16.3 Å². The summed E-state index contributed by atoms with van der Waals surface area (Å²) in [6.45, 7) is 0. The van der Waals surface area contributed by atoms with E-state index in [0.717, 1.165) is 12.8 Å². The molecular formula is C16H20ClNO2. The molecule has 0 amide bonds. The lowest BCUT2D eigenvalue weighted by molar-refractivity contribution is 0.0942. The number of rotatable bonds is 4. The van der Waals surface area contributed by atoms with Crippen molar-refractivity contribution in [1.29, 1.82) is 0 Å². The average molecular weight is 294 g/mol. The van der Waals surface area contributed by atoms with Crippen LogP contribution in [0.2, 0.25) is 5.02 Å². The van der Waals surface area contributed by atoms with E-state index in [1.165, 1.54) is 12.8 Å². The van der Waals surface area contributed by atoms with E-state index in [1.54, 1.807) is 25.3 Å². The molecule has 0 spiro atoms. The van der Waals surface area contributed by atoms with Gasteiger partial charge < -0.3 is 10.1 Å². The number of halogens is 1. The molecular weight excluding hydrogens is 274 g/mol. The fraction of sp³-hybridized carbons (Fsp3) is 0.562. The lowest BCUT2D eigenvalue weighted by atomic mass is 9.87. The highest BCUT2D eigenvalue weighted by atomic mass is 35.5. The summed E-state index contributed by atoms with van der Waals surface area (Å²) in [6.07, 6.45) is 5.35. The number of nitrogens with one attached hydrogen (secondary N) is 1. The Labute approximate surface area is 124 Å². The summed E-state index contributed by atoms with van der Waals surface area (Å²) in [5.74, 6) is 1.26. The third kappa shape index (κ3) is 2.84. The van der Waals surface area contributed by atoms with Crippen LogP contribution in [0.3, 0.4) is 0 Å². The molecule has 2 fully saturated rings. The predicted molar refractivity (Wildman–Crippen MR) is 79.6 cm³/mol. The Morgan fingerprint density at radius 2 is 2.05 bits per heavy atom. The summed E-state index contributed by atoms with van der Waals surface area (Å²) >= 11 is 6.00. The van der Waals surface area contributed by atoms with E-state index in [9.17, 15) is 4.79 Å². The Kier molecular flexibility index (Phi) is 3.99. The SMILES string of the molecule is COc1ccc(Cl)cc1C(=O)CC1CC2CCC(C1)N2. The van der Waals surface area contributed by atoms with Crippen molar-refractivity contribution in [3.63, 3.8) is 0 Å². The smallest absolute Gasteiger partial charge is 0.166 e. The number of ketones is 1. The summed E-state index contributed by atoms with van der Waals surface area (Å²) < 4.78 is 5.27. The number of hydrogen-bond acceptors (Lipinski definition) is 3. The molecule has 0 radical (unpaired) electrons. The second-order valence-corrected chi connectivity index (χ2v) is 6.38. The first-order chi connectivity index (χ1) is 9.65. The van der Waals surface area contributed by atoms with Gasteiger partial charge in [-0.2, -0.15) is 0 Å². The van der Waals surface area contributed by atoms with Gasteiger partial charge in [0.05, 0.1) is 12.7 Å². The second-order valence-electron chi connectivity index (χ2n) is 5.95. The van der Waals surface area contributed by atoms with Gasteiger partial charge in [0.2, 0.25) is 0 Å². The Bertz CT molecular complexity index is 505. The average Bonchev–Trinajstić information content (AvgIpc) is 2.78. The number of Topliss-reactive ketones (excluding diaryl/α,β-unsaturated/α-hetero) is 1. The number of carbonyl (C=O) groups is 1. The van der Waals surface area contributed by atoms with E-state index < -0.39 is 0 Å². The van der Waals surface area contributed by atoms with Crippen molar-refractivity contribution in [2.75, 3.05) is 7.11 Å². The van der Waals surface area contributed by atoms with Crippen molar-refractivity contribution in [2.45, 2.75) is 44.2 Å². The summed E-state index contributed by atoms with van der Waals surface area (Å²) in [4.78, 5) is 12.5. The van der Waals surface area contributed by atoms with Gasteiger partial charge in [0.25, 0.3) is 0 Å². The van der Waals surface area contributed by atoms with E-state index in [0.29, 0.717) is 40.8 Å². The Morgan fingerprint density at radius 1 is 1.35 bits per heavy atom. The molecule has 1 aromatic rings. The van der Waals surface area contributed by atoms with Crippen LogP contribution in [0, 0.1) is 5.92 Å². The zero-order valence-corrected chi connectivity index (χ0v) is 12.5. The van der Waals surface area contributed by atoms with Gasteiger partial charge in [0.15, 0.2) is 5.78 Å². The van der Waals surface area contributed by atoms with E-state index in [1.807, 2.05) is 0 Å². The first kappa shape index (κ1) is 13.9. The topological polar surface area (TPSA) is 38.3 Å². The van der Waals surface area contributed by atoms with Gasteiger partial charge in [-0.1, -0.05) is 11.6 Å². The summed E-state index contributed by atoms with van der Waals surface area (Å²) in [6, 6.07) is 6.47. The molecule has 108 valence electrons. The number of piperidine rings is 1. The largest absolute Gasteiger partial charge is 0.496 e. The van der Waals surface area contributed by atoms with Gasteiger partial charge in [-0.3, -0.25) is 4.79 Å². The van der Waals surface area contributed by atoms with Crippen molar-refractivity contribution in [2.24, 2.45) is 5.92 Å². The Morgan fingerprint density at radius 3 is 2.70 bits per heavy atom. The normalized spacial score (nSPS) is 28.4. The highest BCUT2D eigenvalue weighted by Gasteiger charge is 2.34. The highest BCUT2D eigenvalue weighted by molar-refractivity contribution is 6.31. The molecule has 2 aliphatic rings. The number of methoxy groups -OCH3 is 1. The summed E-state index contributed by atoms with van der Waals surface area (Å²) in [5, 5.41) is 4.19. The van der Waals surface area contributed by atoms with Crippen LogP contribution < -0.4 is 10.1 Å². The molecule has 1 N–H and O–H groups in total. The summed E-state index contributed by atoms with van der Waals surface area (Å²) in [7, 11) is 1.59. The number of benzene rings is 1. The lowest BCUT2D eigenvalue weighted by Gasteiger charge is -2.28. The first-order valence-electron chi connectivity index (χ1n) is 7.28. The van der Waals surface area contributed by atoms with Crippen LogP contribution in [0.4, 0.5) is 0 Å². The standard InChI is InChI=1S/C16H20ClNO2/c1-20-16-5-2-11(17)9-14(16)15(19)8-10-6-12-3-4-13(7-10)18-12/h2,5,9-10,12-13,18H,3-4,6-8H2,1H3. The zero-order valence-electron chi connectivity index (χ0n) is 11.7. The van der Waals surface area contributed by atoms with Crippen LogP contribution >= 0.6 is 11.6 Å². The molecule has 2 saturated heterocycles. The van der Waals surface area contributed by atoms with Crippen molar-refractivity contribution < 1.29 is 9.53 Å². The maximum atomic E-state index is 12.5. The lowest BCUT2D eigenvalue weighted by Crippen LogP contribution is -2.38. The first-order valence-corrected chi connectivity index (χ1v) is 7.66. The van der Waals surface area contributed by atoms with Crippen molar-refractivity contribution in [3.8, 4) is 5.75 Å². The number of ether oxygens (including phenoxy) is 1. The Hall–Kier alpha value is -1.06. The third-order valence-electron chi connectivity index (χ3n) is 4.51. The van der Waals surface area contributed by atoms with E-state index >= 15 is 0 Å². The van der Waals surface area contributed by atoms with Crippen LogP contribution in [-0.4, -0.2) is 25.0 Å². The van der Waals surface area contributed by atoms with Crippen LogP contribution in [-0.2, 0) is 0 Å². The number of fused-ring (bicyclic) bond motifs is 2. The maximum absolute atomic E-state index is 12.5. The molecule has 3 rings (SSSR count). The summed E-state index contributed by atoms with van der Waals surface area (Å²) in [5.41, 5.74) is 0.617. The van der Waals surface area contributed by atoms with E-state index in [-0.39, 0.29) is 5.78 Å². The van der Waals surface area contributed by atoms with Gasteiger partial charge in [-0.05, 0) is 49.8 Å². The van der Waals surface area contributed by atoms with Gasteiger partial charge >= 0.3 is 0 Å². The monoisotopic (exact) mass is 293 g/mol. The van der Waals surface area contributed by atoms with Crippen LogP contribution in [0.1, 0.15) is 42.5 Å². The molecule has 0 saturated carbocycles. The molecule has 3 nitrogen and oxygen atoms in total. The van der Waals surface area contributed by atoms with E-state index in [2.05, 4.69) is 5.32 Å². The van der Waals surface area contributed by atoms with Crippen molar-refractivity contribution >= 4 is 17.4 Å². The number of carbonyl (C=O) groups excluding carboxylic acids is 1. The van der Waals surface area contributed by atoms with Crippen molar-refractivity contribution in [3.05, 3.63) is 28.8 Å². The molecule has 2 atom stereocenters. The van der Waals surface area contributed by atoms with Crippen LogP contribution in [0.5, 0.6) is 5.75 Å². The Balaban J connectivity index is 1.71. The molecule has 0 aliphatic carbocycles. The second kappa shape index (κ2) is 5.74. The molecule has 4 heteroatoms. The number of hydrogen-bond donors (Lipinski definition) is 1. The molecule has 2 heterocycles. The third-order valence-corrected chi connectivity index (χ3v) is 4.74. The molecule has 0 aromatic heterocycles. The molecule has 2 aliphatic heterocycles. The quantitative estimate of drug-likeness (QED) is 0.864. The van der Waals surface area contributed by atoms with Crippen LogP contribution in [0.25, 0.3) is 0 Å². The van der Waals surface area contributed by atoms with Crippen molar-refractivity contribution in [1.82, 2.24) is 5.32 Å². The molecule has 20 heavy (non-hydrogen) atoms. The van der Waals surface area contributed by atoms with Gasteiger partial charge in [-0.25, -0.2) is 0 Å².